The van der Waals surface area contributed by atoms with Crippen molar-refractivity contribution in [3.63, 3.8) is 0 Å². The van der Waals surface area contributed by atoms with Crippen molar-refractivity contribution in [2.75, 3.05) is 19.6 Å². The first-order valence-electron chi connectivity index (χ1n) is 8.24. The third-order valence-electron chi connectivity index (χ3n) is 3.39. The number of hydrogen-bond acceptors (Lipinski definition) is 3. The van der Waals surface area contributed by atoms with Gasteiger partial charge in [0.2, 0.25) is 0 Å². The maximum absolute atomic E-state index is 11.9. The lowest BCUT2D eigenvalue weighted by Crippen LogP contribution is -2.41. The molecule has 9 heteroatoms. The first kappa shape index (κ1) is 23.5. The number of halogens is 3. The Kier molecular flexibility index (Phi) is 11.1. The van der Waals surface area contributed by atoms with Gasteiger partial charge in [-0.2, -0.15) is 0 Å². The Hall–Kier alpha value is -1.58. The smallest absolute Gasteiger partial charge is 0.252 e. The average molecular weight is 522 g/mol. The molecule has 0 aliphatic heterocycles. The van der Waals surface area contributed by atoms with Crippen molar-refractivity contribution in [2.24, 2.45) is 4.99 Å². The maximum atomic E-state index is 11.9. The molecule has 0 saturated carbocycles. The molecule has 0 spiro atoms. The van der Waals surface area contributed by atoms with Crippen LogP contribution < -0.4 is 16.0 Å². The predicted molar refractivity (Wildman–Crippen MR) is 121 cm³/mol. The molecular weight excluding hydrogens is 500 g/mol. The second kappa shape index (κ2) is 12.7. The molecule has 3 N–H and O–H groups in total. The number of hydrogen-bond donors (Lipinski definition) is 3. The Balaban J connectivity index is 0.00000364. The number of guanidine groups is 1. The van der Waals surface area contributed by atoms with Gasteiger partial charge in [0, 0.05) is 42.1 Å². The number of benzene rings is 1. The topological polar surface area (TPSA) is 78.4 Å². The number of amides is 1. The van der Waals surface area contributed by atoms with E-state index in [1.165, 1.54) is 6.20 Å². The summed E-state index contributed by atoms with van der Waals surface area (Å²) in [6.07, 6.45) is 3.16. The number of aromatic nitrogens is 1. The number of nitrogens with zero attached hydrogens (tertiary/aromatic N) is 2. The Bertz CT molecular complexity index is 759. The zero-order valence-corrected chi connectivity index (χ0v) is 18.7. The Labute approximate surface area is 186 Å². The van der Waals surface area contributed by atoms with Crippen molar-refractivity contribution >= 4 is 59.0 Å². The highest BCUT2D eigenvalue weighted by Gasteiger charge is 2.05. The van der Waals surface area contributed by atoms with Crippen LogP contribution in [0.25, 0.3) is 0 Å². The first-order valence-corrected chi connectivity index (χ1v) is 9.00. The predicted octanol–water partition coefficient (Wildman–Crippen LogP) is 3.49. The maximum Gasteiger partial charge on any atom is 0.252 e. The fourth-order valence-electron chi connectivity index (χ4n) is 2.11. The van der Waals surface area contributed by atoms with Crippen molar-refractivity contribution in [1.29, 1.82) is 0 Å². The largest absolute Gasteiger partial charge is 0.357 e. The number of pyridine rings is 1. The molecular formula is C18H22Cl2IN5O. The molecule has 146 valence electrons. The molecule has 6 nitrogen and oxygen atoms in total. The van der Waals surface area contributed by atoms with Crippen LogP contribution in [-0.4, -0.2) is 36.5 Å². The third-order valence-corrected chi connectivity index (χ3v) is 3.98. The number of nitrogens with one attached hydrogen (secondary N) is 3. The van der Waals surface area contributed by atoms with Crippen molar-refractivity contribution < 1.29 is 4.79 Å². The van der Waals surface area contributed by atoms with Gasteiger partial charge in [0.1, 0.15) is 0 Å². The highest BCUT2D eigenvalue weighted by molar-refractivity contribution is 14.0. The van der Waals surface area contributed by atoms with Crippen LogP contribution in [0.15, 0.2) is 47.7 Å². The highest BCUT2D eigenvalue weighted by Crippen LogP contribution is 2.21. The van der Waals surface area contributed by atoms with Crippen LogP contribution in [-0.2, 0) is 6.54 Å². The summed E-state index contributed by atoms with van der Waals surface area (Å²) in [6.45, 7) is 4.12. The number of aliphatic imine (C=N–C) groups is 1. The molecule has 0 atom stereocenters. The molecule has 2 rings (SSSR count). The molecule has 27 heavy (non-hydrogen) atoms. The van der Waals surface area contributed by atoms with E-state index >= 15 is 0 Å². The van der Waals surface area contributed by atoms with E-state index in [-0.39, 0.29) is 29.9 Å². The van der Waals surface area contributed by atoms with Crippen LogP contribution in [0.5, 0.6) is 0 Å². The molecule has 0 aliphatic carbocycles. The fraction of sp³-hybridized carbons (Fsp3) is 0.278. The summed E-state index contributed by atoms with van der Waals surface area (Å²) < 4.78 is 0. The normalized spacial score (nSPS) is 10.7. The minimum absolute atomic E-state index is 0. The van der Waals surface area contributed by atoms with Gasteiger partial charge in [0.25, 0.3) is 5.91 Å². The molecule has 0 unspecified atom stereocenters. The molecule has 1 aromatic heterocycles. The molecule has 2 aromatic rings. The lowest BCUT2D eigenvalue weighted by Gasteiger charge is -2.12. The fourth-order valence-corrected chi connectivity index (χ4v) is 2.58. The summed E-state index contributed by atoms with van der Waals surface area (Å²) in [5.74, 6) is 0.490. The quantitative estimate of drug-likeness (QED) is 0.225. The summed E-state index contributed by atoms with van der Waals surface area (Å²) in [6, 6.07) is 8.78. The molecule has 0 bridgehead atoms. The SMILES string of the molecule is CCNC(=NCc1ccc(Cl)cc1Cl)NCCNC(=O)c1cccnc1.I. The summed E-state index contributed by atoms with van der Waals surface area (Å²) in [4.78, 5) is 20.4. The summed E-state index contributed by atoms with van der Waals surface area (Å²) in [7, 11) is 0. The minimum atomic E-state index is -0.158. The van der Waals surface area contributed by atoms with Crippen molar-refractivity contribution in [2.45, 2.75) is 13.5 Å². The van der Waals surface area contributed by atoms with Gasteiger partial charge in [-0.1, -0.05) is 29.3 Å². The van der Waals surface area contributed by atoms with Crippen molar-refractivity contribution in [3.05, 3.63) is 63.9 Å². The van der Waals surface area contributed by atoms with Gasteiger partial charge in [0.05, 0.1) is 12.1 Å². The summed E-state index contributed by atoms with van der Waals surface area (Å²) >= 11 is 12.1. The third kappa shape index (κ3) is 8.32. The van der Waals surface area contributed by atoms with Crippen molar-refractivity contribution in [3.8, 4) is 0 Å². The monoisotopic (exact) mass is 521 g/mol. The van der Waals surface area contributed by atoms with Crippen LogP contribution in [0.1, 0.15) is 22.8 Å². The van der Waals surface area contributed by atoms with E-state index in [9.17, 15) is 4.79 Å². The van der Waals surface area contributed by atoms with Crippen LogP contribution in [0.4, 0.5) is 0 Å². The van der Waals surface area contributed by atoms with E-state index < -0.39 is 0 Å². The highest BCUT2D eigenvalue weighted by atomic mass is 127. The molecule has 1 amide bonds. The first-order chi connectivity index (χ1) is 12.6. The van der Waals surface area contributed by atoms with E-state index in [1.807, 2.05) is 13.0 Å². The number of rotatable bonds is 7. The molecule has 0 saturated heterocycles. The van der Waals surface area contributed by atoms with Crippen LogP contribution in [0.2, 0.25) is 10.0 Å². The second-order valence-electron chi connectivity index (χ2n) is 5.36. The minimum Gasteiger partial charge on any atom is -0.357 e. The second-order valence-corrected chi connectivity index (χ2v) is 6.20. The van der Waals surface area contributed by atoms with Gasteiger partial charge < -0.3 is 16.0 Å². The van der Waals surface area contributed by atoms with Gasteiger partial charge in [-0.3, -0.25) is 9.78 Å². The van der Waals surface area contributed by atoms with Gasteiger partial charge in [-0.25, -0.2) is 4.99 Å². The van der Waals surface area contributed by atoms with E-state index in [1.54, 1.807) is 30.5 Å². The number of carbonyl (C=O) groups is 1. The van der Waals surface area contributed by atoms with Crippen LogP contribution >= 0.6 is 47.2 Å². The molecule has 0 aliphatic rings. The Morgan fingerprint density at radius 3 is 2.59 bits per heavy atom. The Morgan fingerprint density at radius 1 is 1.15 bits per heavy atom. The lowest BCUT2D eigenvalue weighted by molar-refractivity contribution is 0.0954. The van der Waals surface area contributed by atoms with Gasteiger partial charge in [-0.05, 0) is 36.8 Å². The van der Waals surface area contributed by atoms with Crippen molar-refractivity contribution in [1.82, 2.24) is 20.9 Å². The summed E-state index contributed by atoms with van der Waals surface area (Å²) in [5.41, 5.74) is 1.42. The van der Waals surface area contributed by atoms with E-state index in [2.05, 4.69) is 25.9 Å². The number of carbonyl (C=O) groups excluding carboxylic acids is 1. The van der Waals surface area contributed by atoms with Gasteiger partial charge in [-0.15, -0.1) is 24.0 Å². The molecule has 0 radical (unpaired) electrons. The average Bonchev–Trinajstić information content (AvgIpc) is 2.64. The van der Waals surface area contributed by atoms with E-state index in [0.717, 1.165) is 12.1 Å². The lowest BCUT2D eigenvalue weighted by atomic mass is 10.2. The zero-order chi connectivity index (χ0) is 18.8. The zero-order valence-electron chi connectivity index (χ0n) is 14.8. The summed E-state index contributed by atoms with van der Waals surface area (Å²) in [5, 5.41) is 10.3. The standard InChI is InChI=1S/C18H21Cl2N5O.HI/c1-2-22-18(25-12-13-5-6-15(19)10-16(13)20)24-9-8-23-17(26)14-4-3-7-21-11-14;/h3-7,10-11H,2,8-9,12H2,1H3,(H,23,26)(H2,22,24,25);1H. The van der Waals surface area contributed by atoms with E-state index in [0.29, 0.717) is 41.2 Å². The van der Waals surface area contributed by atoms with Crippen LogP contribution in [0, 0.1) is 0 Å². The molecule has 0 fully saturated rings. The van der Waals surface area contributed by atoms with Crippen LogP contribution in [0.3, 0.4) is 0 Å². The van der Waals surface area contributed by atoms with Gasteiger partial charge in [0.15, 0.2) is 5.96 Å². The molecule has 1 aromatic carbocycles. The Morgan fingerprint density at radius 2 is 1.93 bits per heavy atom. The molecule has 1 heterocycles. The van der Waals surface area contributed by atoms with Gasteiger partial charge >= 0.3 is 0 Å². The van der Waals surface area contributed by atoms with E-state index in [4.69, 9.17) is 23.2 Å².